The number of carbonyl (C=O) groups is 2. The molecule has 0 aromatic heterocycles. The number of ether oxygens (including phenoxy) is 1. The second-order valence-corrected chi connectivity index (χ2v) is 7.71. The van der Waals surface area contributed by atoms with Crippen LogP contribution in [0.2, 0.25) is 5.02 Å². The molecular formula is C23H27ClN2O3. The van der Waals surface area contributed by atoms with E-state index >= 15 is 0 Å². The zero-order valence-corrected chi connectivity index (χ0v) is 17.5. The molecule has 1 aliphatic rings. The molecule has 1 aliphatic heterocycles. The number of hydrogen-bond donors (Lipinski definition) is 1. The van der Waals surface area contributed by atoms with Crippen LogP contribution in [-0.4, -0.2) is 43.3 Å². The monoisotopic (exact) mass is 414 g/mol. The molecule has 1 unspecified atom stereocenters. The highest BCUT2D eigenvalue weighted by atomic mass is 35.5. The predicted molar refractivity (Wildman–Crippen MR) is 115 cm³/mol. The van der Waals surface area contributed by atoms with Gasteiger partial charge in [-0.25, -0.2) is 0 Å². The number of amides is 1. The summed E-state index contributed by atoms with van der Waals surface area (Å²) < 4.78 is 5.36. The second-order valence-electron chi connectivity index (χ2n) is 7.27. The number of halogens is 1. The molecule has 3 rings (SSSR count). The summed E-state index contributed by atoms with van der Waals surface area (Å²) in [5, 5.41) is 3.60. The maximum Gasteiger partial charge on any atom is 0.220 e. The van der Waals surface area contributed by atoms with Crippen LogP contribution in [0.15, 0.2) is 48.5 Å². The Morgan fingerprint density at radius 1 is 1.10 bits per heavy atom. The number of ketones is 1. The van der Waals surface area contributed by atoms with Gasteiger partial charge in [-0.15, -0.1) is 0 Å². The number of Topliss-reactive ketones (excluding diaryl/α,β-unsaturated/α-hetero) is 1. The fourth-order valence-corrected chi connectivity index (χ4v) is 3.79. The Bertz CT molecular complexity index is 832. The van der Waals surface area contributed by atoms with Gasteiger partial charge in [0.2, 0.25) is 5.91 Å². The van der Waals surface area contributed by atoms with Crippen molar-refractivity contribution in [3.05, 3.63) is 64.7 Å². The van der Waals surface area contributed by atoms with Gasteiger partial charge in [-0.3, -0.25) is 14.5 Å². The highest BCUT2D eigenvalue weighted by molar-refractivity contribution is 6.30. The van der Waals surface area contributed by atoms with Crippen LogP contribution in [0.5, 0.6) is 5.75 Å². The molecule has 6 heteroatoms. The molecule has 0 spiro atoms. The van der Waals surface area contributed by atoms with E-state index in [9.17, 15) is 9.59 Å². The fraction of sp³-hybridized carbons (Fsp3) is 0.391. The Labute approximate surface area is 177 Å². The van der Waals surface area contributed by atoms with Crippen molar-refractivity contribution in [1.82, 2.24) is 10.2 Å². The van der Waals surface area contributed by atoms with Crippen molar-refractivity contribution in [3.63, 3.8) is 0 Å². The summed E-state index contributed by atoms with van der Waals surface area (Å²) in [4.78, 5) is 27.0. The van der Waals surface area contributed by atoms with Crippen LogP contribution >= 0.6 is 11.6 Å². The first kappa shape index (κ1) is 21.3. The number of nitrogens with one attached hydrogen (secondary N) is 1. The van der Waals surface area contributed by atoms with Crippen LogP contribution in [-0.2, 0) is 4.79 Å². The lowest BCUT2D eigenvalue weighted by atomic mass is 10.0. The van der Waals surface area contributed by atoms with E-state index in [0.29, 0.717) is 17.1 Å². The number of methoxy groups -OCH3 is 1. The Morgan fingerprint density at radius 2 is 1.83 bits per heavy atom. The maximum atomic E-state index is 12.4. The maximum absolute atomic E-state index is 12.4. The van der Waals surface area contributed by atoms with Crippen molar-refractivity contribution in [2.24, 2.45) is 0 Å². The Kier molecular flexibility index (Phi) is 7.67. The molecule has 1 fully saturated rings. The van der Waals surface area contributed by atoms with Gasteiger partial charge in [0.15, 0.2) is 5.78 Å². The average molecular weight is 415 g/mol. The van der Waals surface area contributed by atoms with Gasteiger partial charge in [0.1, 0.15) is 5.75 Å². The van der Waals surface area contributed by atoms with Gasteiger partial charge < -0.3 is 10.1 Å². The zero-order valence-electron chi connectivity index (χ0n) is 16.7. The minimum absolute atomic E-state index is 0.0549. The van der Waals surface area contributed by atoms with Crippen LogP contribution in [0, 0.1) is 0 Å². The minimum Gasteiger partial charge on any atom is -0.497 e. The average Bonchev–Trinajstić information content (AvgIpc) is 3.27. The number of rotatable bonds is 9. The van der Waals surface area contributed by atoms with E-state index in [1.165, 1.54) is 12.8 Å². The molecule has 5 nitrogen and oxygen atoms in total. The largest absolute Gasteiger partial charge is 0.497 e. The van der Waals surface area contributed by atoms with E-state index in [1.54, 1.807) is 31.4 Å². The van der Waals surface area contributed by atoms with E-state index in [4.69, 9.17) is 16.3 Å². The third-order valence-corrected chi connectivity index (χ3v) is 5.55. The molecule has 1 heterocycles. The number of carbonyl (C=O) groups excluding carboxylic acids is 2. The summed E-state index contributed by atoms with van der Waals surface area (Å²) >= 11 is 5.85. The topological polar surface area (TPSA) is 58.6 Å². The molecule has 1 N–H and O–H groups in total. The molecule has 154 valence electrons. The fourth-order valence-electron chi connectivity index (χ4n) is 3.67. The van der Waals surface area contributed by atoms with Crippen LogP contribution in [0.3, 0.4) is 0 Å². The lowest BCUT2D eigenvalue weighted by Crippen LogP contribution is -2.36. The summed E-state index contributed by atoms with van der Waals surface area (Å²) in [6.45, 7) is 2.56. The molecule has 0 aliphatic carbocycles. The quantitative estimate of drug-likeness (QED) is 0.622. The van der Waals surface area contributed by atoms with E-state index in [1.807, 2.05) is 18.2 Å². The molecule has 1 amide bonds. The smallest absolute Gasteiger partial charge is 0.220 e. The third kappa shape index (κ3) is 6.05. The summed E-state index contributed by atoms with van der Waals surface area (Å²) in [5.74, 6) is 0.645. The predicted octanol–water partition coefficient (Wildman–Crippen LogP) is 4.26. The molecule has 2 aromatic rings. The first-order valence-electron chi connectivity index (χ1n) is 10.0. The van der Waals surface area contributed by atoms with E-state index in [2.05, 4.69) is 16.3 Å². The van der Waals surface area contributed by atoms with E-state index in [0.717, 1.165) is 24.4 Å². The lowest BCUT2D eigenvalue weighted by molar-refractivity contribution is -0.121. The Morgan fingerprint density at radius 3 is 2.52 bits per heavy atom. The molecule has 1 saturated heterocycles. The third-order valence-electron chi connectivity index (χ3n) is 5.30. The van der Waals surface area contributed by atoms with Crippen molar-refractivity contribution in [2.75, 3.05) is 26.7 Å². The first-order chi connectivity index (χ1) is 14.1. The SMILES string of the molecule is COc1cccc(C(CNC(=O)CCC(=O)c2ccc(Cl)cc2)N2CCCC2)c1. The Balaban J connectivity index is 1.56. The van der Waals surface area contributed by atoms with Crippen molar-refractivity contribution in [1.29, 1.82) is 0 Å². The van der Waals surface area contributed by atoms with Gasteiger partial charge in [0, 0.05) is 30.0 Å². The zero-order chi connectivity index (χ0) is 20.6. The van der Waals surface area contributed by atoms with Crippen LogP contribution < -0.4 is 10.1 Å². The number of hydrogen-bond acceptors (Lipinski definition) is 4. The van der Waals surface area contributed by atoms with Gasteiger partial charge >= 0.3 is 0 Å². The molecule has 2 aromatic carbocycles. The van der Waals surface area contributed by atoms with E-state index < -0.39 is 0 Å². The van der Waals surface area contributed by atoms with Gasteiger partial charge in [0.05, 0.1) is 13.2 Å². The van der Waals surface area contributed by atoms with Crippen LogP contribution in [0.4, 0.5) is 0 Å². The molecule has 1 atom stereocenters. The van der Waals surface area contributed by atoms with Crippen molar-refractivity contribution >= 4 is 23.3 Å². The summed E-state index contributed by atoms with van der Waals surface area (Å²) in [7, 11) is 1.66. The molecule has 0 bridgehead atoms. The van der Waals surface area contributed by atoms with Crippen LogP contribution in [0.25, 0.3) is 0 Å². The number of nitrogens with zero attached hydrogens (tertiary/aromatic N) is 1. The molecular weight excluding hydrogens is 388 g/mol. The summed E-state index contributed by atoms with van der Waals surface area (Å²) in [6.07, 6.45) is 2.70. The van der Waals surface area contributed by atoms with Gasteiger partial charge in [-0.2, -0.15) is 0 Å². The Hall–Kier alpha value is -2.37. The first-order valence-corrected chi connectivity index (χ1v) is 10.4. The van der Waals surface area contributed by atoms with Crippen molar-refractivity contribution in [2.45, 2.75) is 31.7 Å². The molecule has 29 heavy (non-hydrogen) atoms. The highest BCUT2D eigenvalue weighted by Crippen LogP contribution is 2.27. The number of likely N-dealkylation sites (tertiary alicyclic amines) is 1. The molecule has 0 saturated carbocycles. The van der Waals surface area contributed by atoms with Gasteiger partial charge in [-0.1, -0.05) is 23.7 Å². The second kappa shape index (κ2) is 10.4. The highest BCUT2D eigenvalue weighted by Gasteiger charge is 2.24. The minimum atomic E-state index is -0.112. The normalized spacial score (nSPS) is 15.1. The van der Waals surface area contributed by atoms with Crippen molar-refractivity contribution < 1.29 is 14.3 Å². The molecule has 0 radical (unpaired) electrons. The van der Waals surface area contributed by atoms with Gasteiger partial charge in [-0.05, 0) is 67.9 Å². The van der Waals surface area contributed by atoms with Crippen molar-refractivity contribution in [3.8, 4) is 5.75 Å². The standard InChI is InChI=1S/C23H27ClN2O3/c1-29-20-6-4-5-18(15-20)21(26-13-2-3-14-26)16-25-23(28)12-11-22(27)17-7-9-19(24)10-8-17/h4-10,15,21H,2-3,11-14,16H2,1H3,(H,25,28). The lowest BCUT2D eigenvalue weighted by Gasteiger charge is -2.28. The number of benzene rings is 2. The van der Waals surface area contributed by atoms with Crippen LogP contribution in [0.1, 0.15) is 47.6 Å². The summed E-state index contributed by atoms with van der Waals surface area (Å²) in [5.41, 5.74) is 1.71. The van der Waals surface area contributed by atoms with Gasteiger partial charge in [0.25, 0.3) is 0 Å². The summed E-state index contributed by atoms with van der Waals surface area (Å²) in [6, 6.07) is 14.8. The van der Waals surface area contributed by atoms with E-state index in [-0.39, 0.29) is 30.6 Å².